The highest BCUT2D eigenvalue weighted by atomic mass is 16.5. The highest BCUT2D eigenvalue weighted by Crippen LogP contribution is 2.23. The first-order valence-electron chi connectivity index (χ1n) is 5.31. The first kappa shape index (κ1) is 11.6. The lowest BCUT2D eigenvalue weighted by molar-refractivity contribution is 0.0593. The summed E-state index contributed by atoms with van der Waals surface area (Å²) < 4.78 is 4.78. The van der Waals surface area contributed by atoms with Crippen LogP contribution in [-0.2, 0) is 11.3 Å². The summed E-state index contributed by atoms with van der Waals surface area (Å²) >= 11 is 0. The van der Waals surface area contributed by atoms with E-state index in [2.05, 4.69) is 9.97 Å². The normalized spacial score (nSPS) is 11.1. The molecule has 2 heterocycles. The van der Waals surface area contributed by atoms with E-state index in [4.69, 9.17) is 4.74 Å². The van der Waals surface area contributed by atoms with Crippen LogP contribution in [0.4, 0.5) is 0 Å². The van der Waals surface area contributed by atoms with Crippen molar-refractivity contribution in [1.82, 2.24) is 14.9 Å². The van der Waals surface area contributed by atoms with Gasteiger partial charge in [-0.05, 0) is 20.2 Å². The molecule has 2 aromatic heterocycles. The Bertz CT molecular complexity index is 546. The number of nitrogens with one attached hydrogen (secondary N) is 1. The van der Waals surface area contributed by atoms with Crippen molar-refractivity contribution in [3.8, 4) is 0 Å². The molecule has 0 atom stereocenters. The van der Waals surface area contributed by atoms with Crippen molar-refractivity contribution in [2.45, 2.75) is 6.54 Å². The maximum absolute atomic E-state index is 11.7. The number of carbonyl (C=O) groups excluding carboxylic acids is 1. The minimum absolute atomic E-state index is 0.349. The number of esters is 1. The van der Waals surface area contributed by atoms with Crippen molar-refractivity contribution < 1.29 is 9.53 Å². The van der Waals surface area contributed by atoms with Crippen LogP contribution >= 0.6 is 0 Å². The summed E-state index contributed by atoms with van der Waals surface area (Å²) in [4.78, 5) is 20.9. The van der Waals surface area contributed by atoms with E-state index in [-0.39, 0.29) is 5.97 Å². The number of nitrogens with zero attached hydrogens (tertiary/aromatic N) is 2. The standard InChI is InChI=1S/C12H15N3O2/c1-15(2)7-9-8-6-13-5-4-10(8)14-11(9)12(16)17-3/h4-6,14H,7H2,1-3H3. The van der Waals surface area contributed by atoms with Gasteiger partial charge in [-0.3, -0.25) is 4.98 Å². The fourth-order valence-corrected chi connectivity index (χ4v) is 1.85. The van der Waals surface area contributed by atoms with Crippen LogP contribution in [0.25, 0.3) is 10.9 Å². The van der Waals surface area contributed by atoms with Gasteiger partial charge in [-0.2, -0.15) is 0 Å². The zero-order valence-electron chi connectivity index (χ0n) is 10.2. The number of hydrogen-bond donors (Lipinski definition) is 1. The maximum atomic E-state index is 11.7. The highest BCUT2D eigenvalue weighted by molar-refractivity contribution is 5.97. The van der Waals surface area contributed by atoms with Gasteiger partial charge in [0.15, 0.2) is 0 Å². The summed E-state index contributed by atoms with van der Waals surface area (Å²) in [6.45, 7) is 0.663. The molecule has 5 nitrogen and oxygen atoms in total. The second kappa shape index (κ2) is 4.55. The molecule has 0 amide bonds. The summed E-state index contributed by atoms with van der Waals surface area (Å²) in [6, 6.07) is 1.85. The van der Waals surface area contributed by atoms with Crippen LogP contribution < -0.4 is 0 Å². The smallest absolute Gasteiger partial charge is 0.354 e. The second-order valence-electron chi connectivity index (χ2n) is 4.13. The van der Waals surface area contributed by atoms with Crippen LogP contribution in [0, 0.1) is 0 Å². The largest absolute Gasteiger partial charge is 0.464 e. The zero-order valence-corrected chi connectivity index (χ0v) is 10.2. The minimum Gasteiger partial charge on any atom is -0.464 e. The summed E-state index contributed by atoms with van der Waals surface area (Å²) in [7, 11) is 5.29. The monoisotopic (exact) mass is 233 g/mol. The molecule has 0 saturated heterocycles. The molecule has 0 bridgehead atoms. The van der Waals surface area contributed by atoms with E-state index in [9.17, 15) is 4.79 Å². The molecule has 2 rings (SSSR count). The lowest BCUT2D eigenvalue weighted by atomic mass is 10.1. The van der Waals surface area contributed by atoms with Crippen LogP contribution in [0.15, 0.2) is 18.5 Å². The van der Waals surface area contributed by atoms with Gasteiger partial charge < -0.3 is 14.6 Å². The average molecular weight is 233 g/mol. The Morgan fingerprint density at radius 2 is 2.29 bits per heavy atom. The van der Waals surface area contributed by atoms with Crippen LogP contribution in [0.2, 0.25) is 0 Å². The number of rotatable bonds is 3. The number of fused-ring (bicyclic) bond motifs is 1. The number of hydrogen-bond acceptors (Lipinski definition) is 4. The van der Waals surface area contributed by atoms with E-state index < -0.39 is 0 Å². The van der Waals surface area contributed by atoms with E-state index in [1.165, 1.54) is 7.11 Å². The Labute approximate surface area is 99.4 Å². The molecule has 0 aliphatic rings. The van der Waals surface area contributed by atoms with Crippen molar-refractivity contribution >= 4 is 16.9 Å². The van der Waals surface area contributed by atoms with Crippen LogP contribution in [-0.4, -0.2) is 42.0 Å². The van der Waals surface area contributed by atoms with Crippen LogP contribution in [0.5, 0.6) is 0 Å². The molecule has 0 fully saturated rings. The topological polar surface area (TPSA) is 58.2 Å². The van der Waals surface area contributed by atoms with Gasteiger partial charge in [0.2, 0.25) is 0 Å². The van der Waals surface area contributed by atoms with E-state index in [1.54, 1.807) is 12.4 Å². The number of aromatic amines is 1. The number of H-pyrrole nitrogens is 1. The predicted octanol–water partition coefficient (Wildman–Crippen LogP) is 1.41. The third kappa shape index (κ3) is 2.14. The van der Waals surface area contributed by atoms with E-state index in [1.807, 2.05) is 25.1 Å². The first-order chi connectivity index (χ1) is 8.13. The molecule has 0 aliphatic heterocycles. The molecule has 17 heavy (non-hydrogen) atoms. The van der Waals surface area contributed by atoms with Crippen LogP contribution in [0.1, 0.15) is 16.1 Å². The van der Waals surface area contributed by atoms with E-state index in [0.29, 0.717) is 12.2 Å². The quantitative estimate of drug-likeness (QED) is 0.814. The van der Waals surface area contributed by atoms with Gasteiger partial charge in [-0.15, -0.1) is 0 Å². The molecular weight excluding hydrogens is 218 g/mol. The summed E-state index contributed by atoms with van der Waals surface area (Å²) in [5, 5.41) is 0.960. The first-order valence-corrected chi connectivity index (χ1v) is 5.31. The summed E-state index contributed by atoms with van der Waals surface area (Å²) in [5.41, 5.74) is 2.33. The Kier molecular flexibility index (Phi) is 3.10. The highest BCUT2D eigenvalue weighted by Gasteiger charge is 2.18. The molecule has 0 saturated carbocycles. The van der Waals surface area contributed by atoms with Crippen molar-refractivity contribution in [3.63, 3.8) is 0 Å². The fourth-order valence-electron chi connectivity index (χ4n) is 1.85. The van der Waals surface area contributed by atoms with Gasteiger partial charge in [0, 0.05) is 35.4 Å². The van der Waals surface area contributed by atoms with Crippen molar-refractivity contribution in [3.05, 3.63) is 29.7 Å². The summed E-state index contributed by atoms with van der Waals surface area (Å²) in [5.74, 6) is -0.349. The minimum atomic E-state index is -0.349. The average Bonchev–Trinajstić information content (AvgIpc) is 2.67. The van der Waals surface area contributed by atoms with Crippen molar-refractivity contribution in [2.24, 2.45) is 0 Å². The lowest BCUT2D eigenvalue weighted by Crippen LogP contribution is -2.14. The Hall–Kier alpha value is -1.88. The molecule has 0 radical (unpaired) electrons. The number of methoxy groups -OCH3 is 1. The van der Waals surface area contributed by atoms with Crippen molar-refractivity contribution in [2.75, 3.05) is 21.2 Å². The molecule has 0 aromatic carbocycles. The number of pyridine rings is 1. The molecule has 0 unspecified atom stereocenters. The van der Waals surface area contributed by atoms with E-state index in [0.717, 1.165) is 16.5 Å². The number of ether oxygens (including phenoxy) is 1. The lowest BCUT2D eigenvalue weighted by Gasteiger charge is -2.10. The third-order valence-electron chi connectivity index (χ3n) is 2.57. The maximum Gasteiger partial charge on any atom is 0.354 e. The molecule has 1 N–H and O–H groups in total. The van der Waals surface area contributed by atoms with Gasteiger partial charge in [0.1, 0.15) is 5.69 Å². The van der Waals surface area contributed by atoms with Crippen LogP contribution in [0.3, 0.4) is 0 Å². The second-order valence-corrected chi connectivity index (χ2v) is 4.13. The number of carbonyl (C=O) groups is 1. The molecule has 0 aliphatic carbocycles. The van der Waals surface area contributed by atoms with Gasteiger partial charge in [0.25, 0.3) is 0 Å². The zero-order chi connectivity index (χ0) is 12.4. The molecule has 5 heteroatoms. The van der Waals surface area contributed by atoms with Gasteiger partial charge in [0.05, 0.1) is 7.11 Å². The summed E-state index contributed by atoms with van der Waals surface area (Å²) in [6.07, 6.45) is 3.45. The van der Waals surface area contributed by atoms with E-state index >= 15 is 0 Å². The van der Waals surface area contributed by atoms with Crippen molar-refractivity contribution in [1.29, 1.82) is 0 Å². The number of aromatic nitrogens is 2. The van der Waals surface area contributed by atoms with Gasteiger partial charge >= 0.3 is 5.97 Å². The molecule has 90 valence electrons. The Balaban J connectivity index is 2.60. The molecule has 0 spiro atoms. The molecular formula is C12H15N3O2. The van der Waals surface area contributed by atoms with Gasteiger partial charge in [-0.25, -0.2) is 4.79 Å². The fraction of sp³-hybridized carbons (Fsp3) is 0.333. The van der Waals surface area contributed by atoms with Gasteiger partial charge in [-0.1, -0.05) is 0 Å². The predicted molar refractivity (Wildman–Crippen MR) is 64.8 cm³/mol. The molecule has 2 aromatic rings. The Morgan fingerprint density at radius 3 is 2.94 bits per heavy atom. The Morgan fingerprint density at radius 1 is 1.53 bits per heavy atom. The SMILES string of the molecule is COC(=O)c1[nH]c2ccncc2c1CN(C)C. The third-order valence-corrected chi connectivity index (χ3v) is 2.57.